The summed E-state index contributed by atoms with van der Waals surface area (Å²) in [6.45, 7) is 0. The van der Waals surface area contributed by atoms with Crippen LogP contribution in [0.2, 0.25) is 5.02 Å². The molecule has 0 saturated carbocycles. The minimum Gasteiger partial charge on any atom is -0.493 e. The molecule has 0 amide bonds. The number of nitrogens with one attached hydrogen (secondary N) is 1. The highest BCUT2D eigenvalue weighted by molar-refractivity contribution is 7.71. The van der Waals surface area contributed by atoms with Crippen LogP contribution in [-0.4, -0.2) is 40.2 Å². The van der Waals surface area contributed by atoms with Gasteiger partial charge in [-0.25, -0.2) is 5.10 Å². The largest absolute Gasteiger partial charge is 0.493 e. The third-order valence-electron chi connectivity index (χ3n) is 3.78. The summed E-state index contributed by atoms with van der Waals surface area (Å²) in [7, 11) is 3.08. The number of nitro groups is 1. The van der Waals surface area contributed by atoms with Gasteiger partial charge in [0.1, 0.15) is 5.02 Å². The molecule has 3 aromatic rings. The normalized spacial score (nSPS) is 11.0. The quantitative estimate of drug-likeness (QED) is 0.279. The first-order chi connectivity index (χ1) is 13.4. The zero-order valence-corrected chi connectivity index (χ0v) is 16.3. The SMILES string of the molecule is COc1ccc(-c2n[nH]c(=S)n2N=Cc2ccc(Cl)c([N+](=O)[O-])c2)cc1OC. The van der Waals surface area contributed by atoms with E-state index < -0.39 is 4.92 Å². The summed E-state index contributed by atoms with van der Waals surface area (Å²) in [6.07, 6.45) is 1.43. The van der Waals surface area contributed by atoms with Crippen molar-refractivity contribution in [3.8, 4) is 22.9 Å². The number of ether oxygens (including phenoxy) is 2. The van der Waals surface area contributed by atoms with Crippen LogP contribution in [0.1, 0.15) is 5.56 Å². The average molecular weight is 420 g/mol. The molecule has 1 heterocycles. The number of methoxy groups -OCH3 is 2. The molecular weight excluding hydrogens is 406 g/mol. The molecule has 0 aliphatic carbocycles. The number of hydrogen-bond donors (Lipinski definition) is 1. The lowest BCUT2D eigenvalue weighted by molar-refractivity contribution is -0.384. The van der Waals surface area contributed by atoms with Crippen molar-refractivity contribution < 1.29 is 14.4 Å². The number of hydrogen-bond acceptors (Lipinski definition) is 7. The van der Waals surface area contributed by atoms with Gasteiger partial charge in [0.15, 0.2) is 17.3 Å². The monoisotopic (exact) mass is 419 g/mol. The first-order valence-corrected chi connectivity index (χ1v) is 8.61. The summed E-state index contributed by atoms with van der Waals surface area (Å²) in [5.74, 6) is 1.53. The summed E-state index contributed by atoms with van der Waals surface area (Å²) < 4.78 is 12.2. The predicted molar refractivity (Wildman–Crippen MR) is 107 cm³/mol. The molecule has 0 radical (unpaired) electrons. The lowest BCUT2D eigenvalue weighted by atomic mass is 10.2. The van der Waals surface area contributed by atoms with Crippen LogP contribution in [0.5, 0.6) is 11.5 Å². The maximum Gasteiger partial charge on any atom is 0.288 e. The van der Waals surface area contributed by atoms with Gasteiger partial charge in [-0.2, -0.15) is 14.9 Å². The van der Waals surface area contributed by atoms with Gasteiger partial charge < -0.3 is 9.47 Å². The van der Waals surface area contributed by atoms with E-state index in [2.05, 4.69) is 15.3 Å². The number of aromatic nitrogens is 3. The third-order valence-corrected chi connectivity index (χ3v) is 4.37. The molecule has 11 heteroatoms. The molecule has 0 unspecified atom stereocenters. The van der Waals surface area contributed by atoms with Crippen molar-refractivity contribution in [1.29, 1.82) is 0 Å². The molecule has 0 fully saturated rings. The Bertz CT molecular complexity index is 1120. The van der Waals surface area contributed by atoms with Crippen molar-refractivity contribution in [3.05, 3.63) is 61.9 Å². The summed E-state index contributed by atoms with van der Waals surface area (Å²) in [6, 6.07) is 9.63. The fourth-order valence-electron chi connectivity index (χ4n) is 2.44. The molecule has 0 bridgehead atoms. The summed E-state index contributed by atoms with van der Waals surface area (Å²) in [4.78, 5) is 10.5. The Labute approximate surface area is 169 Å². The minimum absolute atomic E-state index is 0.0492. The smallest absolute Gasteiger partial charge is 0.288 e. The Morgan fingerprint density at radius 3 is 2.68 bits per heavy atom. The number of nitrogens with zero attached hydrogens (tertiary/aromatic N) is 4. The van der Waals surface area contributed by atoms with E-state index in [0.717, 1.165) is 0 Å². The molecule has 3 rings (SSSR count). The highest BCUT2D eigenvalue weighted by Gasteiger charge is 2.14. The molecule has 0 aliphatic rings. The fourth-order valence-corrected chi connectivity index (χ4v) is 2.80. The van der Waals surface area contributed by atoms with Gasteiger partial charge >= 0.3 is 0 Å². The Morgan fingerprint density at radius 2 is 2.00 bits per heavy atom. The lowest BCUT2D eigenvalue weighted by Gasteiger charge is -2.09. The minimum atomic E-state index is -0.557. The van der Waals surface area contributed by atoms with E-state index in [0.29, 0.717) is 28.5 Å². The van der Waals surface area contributed by atoms with Crippen LogP contribution < -0.4 is 9.47 Å². The zero-order chi connectivity index (χ0) is 20.3. The number of H-pyrrole nitrogens is 1. The molecule has 2 aromatic carbocycles. The summed E-state index contributed by atoms with van der Waals surface area (Å²) >= 11 is 11.1. The zero-order valence-electron chi connectivity index (χ0n) is 14.7. The Kier molecular flexibility index (Phi) is 5.71. The molecule has 1 N–H and O–H groups in total. The topological polar surface area (TPSA) is 108 Å². The van der Waals surface area contributed by atoms with Crippen molar-refractivity contribution in [3.63, 3.8) is 0 Å². The van der Waals surface area contributed by atoms with Gasteiger partial charge in [0.2, 0.25) is 4.77 Å². The first-order valence-electron chi connectivity index (χ1n) is 7.82. The molecule has 9 nitrogen and oxygen atoms in total. The maximum atomic E-state index is 11.0. The van der Waals surface area contributed by atoms with Gasteiger partial charge in [-0.05, 0) is 36.5 Å². The van der Waals surface area contributed by atoms with Crippen LogP contribution in [0, 0.1) is 14.9 Å². The summed E-state index contributed by atoms with van der Waals surface area (Å²) in [5.41, 5.74) is 0.961. The number of aromatic amines is 1. The van der Waals surface area contributed by atoms with Gasteiger partial charge in [0.05, 0.1) is 25.4 Å². The molecule has 144 valence electrons. The lowest BCUT2D eigenvalue weighted by Crippen LogP contribution is -1.97. The molecule has 28 heavy (non-hydrogen) atoms. The molecule has 1 aromatic heterocycles. The molecule has 0 aliphatic heterocycles. The average Bonchev–Trinajstić information content (AvgIpc) is 3.07. The Hall–Kier alpha value is -3.24. The van der Waals surface area contributed by atoms with Crippen molar-refractivity contribution in [1.82, 2.24) is 14.9 Å². The van der Waals surface area contributed by atoms with Crippen molar-refractivity contribution >= 4 is 35.7 Å². The van der Waals surface area contributed by atoms with Crippen molar-refractivity contribution in [2.45, 2.75) is 0 Å². The van der Waals surface area contributed by atoms with Crippen LogP contribution in [0.3, 0.4) is 0 Å². The van der Waals surface area contributed by atoms with Crippen LogP contribution in [0.15, 0.2) is 41.5 Å². The predicted octanol–water partition coefficient (Wildman–Crippen LogP) is 4.07. The second-order valence-corrected chi connectivity index (χ2v) is 6.24. The Morgan fingerprint density at radius 1 is 1.25 bits per heavy atom. The molecular formula is C17H14ClN5O4S. The van der Waals surface area contributed by atoms with E-state index in [9.17, 15) is 10.1 Å². The van der Waals surface area contributed by atoms with Crippen LogP contribution in [-0.2, 0) is 0 Å². The van der Waals surface area contributed by atoms with Gasteiger partial charge in [0, 0.05) is 17.2 Å². The van der Waals surface area contributed by atoms with E-state index in [1.165, 1.54) is 30.1 Å². The van der Waals surface area contributed by atoms with E-state index in [4.69, 9.17) is 33.3 Å². The molecule has 0 saturated heterocycles. The van der Waals surface area contributed by atoms with Crippen LogP contribution in [0.25, 0.3) is 11.4 Å². The van der Waals surface area contributed by atoms with Crippen LogP contribution in [0.4, 0.5) is 5.69 Å². The van der Waals surface area contributed by atoms with Crippen molar-refractivity contribution in [2.75, 3.05) is 14.2 Å². The highest BCUT2D eigenvalue weighted by atomic mass is 35.5. The van der Waals surface area contributed by atoms with Crippen molar-refractivity contribution in [2.24, 2.45) is 5.10 Å². The van der Waals surface area contributed by atoms with Gasteiger partial charge in [0.25, 0.3) is 5.69 Å². The standard InChI is InChI=1S/C17H14ClN5O4S/c1-26-14-6-4-11(8-15(14)27-2)16-20-21-17(28)22(16)19-9-10-3-5-12(18)13(7-10)23(24)25/h3-9H,1-2H3,(H,21,28). The summed E-state index contributed by atoms with van der Waals surface area (Å²) in [5, 5.41) is 22.2. The molecule has 0 atom stereocenters. The number of benzene rings is 2. The fraction of sp³-hybridized carbons (Fsp3) is 0.118. The van der Waals surface area contributed by atoms with Gasteiger partial charge in [-0.3, -0.25) is 10.1 Å². The van der Waals surface area contributed by atoms with E-state index in [-0.39, 0.29) is 15.5 Å². The van der Waals surface area contributed by atoms with Crippen LogP contribution >= 0.6 is 23.8 Å². The van der Waals surface area contributed by atoms with E-state index in [1.54, 1.807) is 31.4 Å². The van der Waals surface area contributed by atoms with E-state index >= 15 is 0 Å². The first kappa shape index (κ1) is 19.5. The van der Waals surface area contributed by atoms with Gasteiger partial charge in [-0.1, -0.05) is 17.7 Å². The maximum absolute atomic E-state index is 11.0. The highest BCUT2D eigenvalue weighted by Crippen LogP contribution is 2.31. The Balaban J connectivity index is 2.01. The second kappa shape index (κ2) is 8.19. The molecule has 0 spiro atoms. The number of rotatable bonds is 6. The number of nitro benzene ring substituents is 1. The second-order valence-electron chi connectivity index (χ2n) is 5.45. The number of halogens is 1. The third kappa shape index (κ3) is 3.87. The van der Waals surface area contributed by atoms with Gasteiger partial charge in [-0.15, -0.1) is 0 Å². The van der Waals surface area contributed by atoms with E-state index in [1.807, 2.05) is 0 Å².